The third kappa shape index (κ3) is 4.02. The zero-order chi connectivity index (χ0) is 18.6. The lowest BCUT2D eigenvalue weighted by Gasteiger charge is -2.22. The van der Waals surface area contributed by atoms with Gasteiger partial charge in [0.25, 0.3) is 5.56 Å². The Morgan fingerprint density at radius 3 is 2.85 bits per heavy atom. The third-order valence-corrected chi connectivity index (χ3v) is 4.81. The molecule has 27 heavy (non-hydrogen) atoms. The van der Waals surface area contributed by atoms with Gasteiger partial charge in [-0.05, 0) is 37.3 Å². The Kier molecular flexibility index (Phi) is 4.91. The molecule has 2 N–H and O–H groups in total. The van der Waals surface area contributed by atoms with Gasteiger partial charge in [-0.3, -0.25) is 4.79 Å². The number of allylic oxidation sites excluding steroid dienone is 2. The predicted molar refractivity (Wildman–Crippen MR) is 102 cm³/mol. The molecule has 140 valence electrons. The van der Waals surface area contributed by atoms with Crippen LogP contribution in [0.25, 0.3) is 11.2 Å². The first-order chi connectivity index (χ1) is 13.2. The van der Waals surface area contributed by atoms with E-state index < -0.39 is 0 Å². The first-order valence-corrected chi connectivity index (χ1v) is 9.09. The molecule has 1 aliphatic rings. The fourth-order valence-electron chi connectivity index (χ4n) is 3.48. The first kappa shape index (κ1) is 17.3. The maximum Gasteiger partial charge on any atom is 0.276 e. The molecule has 7 nitrogen and oxygen atoms in total. The van der Waals surface area contributed by atoms with Gasteiger partial charge in [-0.15, -0.1) is 0 Å². The lowest BCUT2D eigenvalue weighted by molar-refractivity contribution is 0.167. The zero-order valence-corrected chi connectivity index (χ0v) is 15.1. The second kappa shape index (κ2) is 7.65. The van der Waals surface area contributed by atoms with Crippen LogP contribution in [-0.4, -0.2) is 33.1 Å². The van der Waals surface area contributed by atoms with Crippen molar-refractivity contribution in [1.29, 1.82) is 0 Å². The number of hydrogen-bond donors (Lipinski definition) is 2. The number of aromatic amines is 2. The predicted octanol–water partition coefficient (Wildman–Crippen LogP) is 3.00. The van der Waals surface area contributed by atoms with Crippen LogP contribution < -0.4 is 15.0 Å². The van der Waals surface area contributed by atoms with Gasteiger partial charge >= 0.3 is 0 Å². The van der Waals surface area contributed by atoms with E-state index in [2.05, 4.69) is 32.1 Å². The number of aromatic nitrogens is 4. The maximum absolute atomic E-state index is 11.9. The molecule has 0 bridgehead atoms. The van der Waals surface area contributed by atoms with Gasteiger partial charge in [0.1, 0.15) is 23.4 Å². The molecule has 0 saturated carbocycles. The van der Waals surface area contributed by atoms with Gasteiger partial charge in [-0.2, -0.15) is 0 Å². The monoisotopic (exact) mass is 366 g/mol. The Balaban J connectivity index is 1.56. The lowest BCUT2D eigenvalue weighted by atomic mass is 9.97. The number of imidazole rings is 1. The minimum absolute atomic E-state index is 0.0679. The van der Waals surface area contributed by atoms with Gasteiger partial charge in [0.05, 0.1) is 13.4 Å². The van der Waals surface area contributed by atoms with E-state index in [1.165, 1.54) is 6.33 Å². The molecule has 1 unspecified atom stereocenters. The van der Waals surface area contributed by atoms with Crippen LogP contribution >= 0.6 is 0 Å². The molecular weight excluding hydrogens is 344 g/mol. The Hall–Kier alpha value is -3.09. The summed E-state index contributed by atoms with van der Waals surface area (Å²) in [5.74, 6) is 2.78. The van der Waals surface area contributed by atoms with E-state index in [1.54, 1.807) is 7.11 Å². The fraction of sp³-hybridized carbons (Fsp3) is 0.350. The normalized spacial score (nSPS) is 15.3. The first-order valence-electron chi connectivity index (χ1n) is 9.09. The van der Waals surface area contributed by atoms with Crippen molar-refractivity contribution in [3.63, 3.8) is 0 Å². The summed E-state index contributed by atoms with van der Waals surface area (Å²) in [5, 5.41) is 0. The van der Waals surface area contributed by atoms with Crippen LogP contribution in [0.1, 0.15) is 25.1 Å². The third-order valence-electron chi connectivity index (χ3n) is 4.81. The Morgan fingerprint density at radius 2 is 2.07 bits per heavy atom. The van der Waals surface area contributed by atoms with E-state index >= 15 is 0 Å². The standard InChI is InChI=1S/C20H22N4O3/c1-26-14-7-4-8-15(10-14)27-16(9-13-5-2-3-6-13)11-17-23-18-19(24-17)21-12-22-20(18)25/h2-4,7-8,10,12-13,16H,5-6,9,11H2,1H3,(H2,21,22,23,24,25). The molecule has 7 heteroatoms. The van der Waals surface area contributed by atoms with Crippen molar-refractivity contribution in [3.05, 3.63) is 58.9 Å². The topological polar surface area (TPSA) is 92.9 Å². The molecule has 0 aliphatic heterocycles. The minimum atomic E-state index is -0.219. The van der Waals surface area contributed by atoms with Crippen molar-refractivity contribution in [1.82, 2.24) is 19.9 Å². The van der Waals surface area contributed by atoms with Gasteiger partial charge in [-0.1, -0.05) is 18.2 Å². The number of hydrogen-bond acceptors (Lipinski definition) is 5. The number of fused-ring (bicyclic) bond motifs is 1. The molecule has 2 aromatic heterocycles. The molecule has 2 heterocycles. The van der Waals surface area contributed by atoms with Crippen LogP contribution in [0.3, 0.4) is 0 Å². The number of nitrogens with one attached hydrogen (secondary N) is 2. The molecule has 1 atom stereocenters. The summed E-state index contributed by atoms with van der Waals surface area (Å²) in [6.45, 7) is 0. The van der Waals surface area contributed by atoms with E-state index in [4.69, 9.17) is 9.47 Å². The molecule has 3 aromatic rings. The van der Waals surface area contributed by atoms with Gasteiger partial charge in [0.2, 0.25) is 0 Å². The molecule has 1 aliphatic carbocycles. The van der Waals surface area contributed by atoms with E-state index in [0.29, 0.717) is 29.3 Å². The molecule has 0 spiro atoms. The summed E-state index contributed by atoms with van der Waals surface area (Å²) in [5.41, 5.74) is 0.607. The van der Waals surface area contributed by atoms with Crippen LogP contribution in [0.5, 0.6) is 11.5 Å². The Morgan fingerprint density at radius 1 is 1.26 bits per heavy atom. The highest BCUT2D eigenvalue weighted by molar-refractivity contribution is 5.68. The van der Waals surface area contributed by atoms with Crippen molar-refractivity contribution in [2.24, 2.45) is 5.92 Å². The van der Waals surface area contributed by atoms with Crippen LogP contribution in [0.4, 0.5) is 0 Å². The van der Waals surface area contributed by atoms with Crippen molar-refractivity contribution in [2.75, 3.05) is 7.11 Å². The van der Waals surface area contributed by atoms with Crippen LogP contribution in [0.2, 0.25) is 0 Å². The van der Waals surface area contributed by atoms with Gasteiger partial charge in [-0.25, -0.2) is 9.97 Å². The Bertz CT molecular complexity index is 1000. The zero-order valence-electron chi connectivity index (χ0n) is 15.1. The fourth-order valence-corrected chi connectivity index (χ4v) is 3.48. The summed E-state index contributed by atoms with van der Waals surface area (Å²) in [4.78, 5) is 26.1. The quantitative estimate of drug-likeness (QED) is 0.627. The summed E-state index contributed by atoms with van der Waals surface area (Å²) < 4.78 is 11.6. The second-order valence-electron chi connectivity index (χ2n) is 6.78. The number of ether oxygens (including phenoxy) is 2. The van der Waals surface area contributed by atoms with Crippen molar-refractivity contribution < 1.29 is 9.47 Å². The Labute approximate surface area is 156 Å². The molecule has 1 aromatic carbocycles. The number of H-pyrrole nitrogens is 2. The van der Waals surface area contributed by atoms with Crippen LogP contribution in [-0.2, 0) is 6.42 Å². The van der Waals surface area contributed by atoms with Crippen LogP contribution in [0, 0.1) is 5.92 Å². The molecule has 4 rings (SSSR count). The maximum atomic E-state index is 11.9. The van der Waals surface area contributed by atoms with Crippen molar-refractivity contribution in [2.45, 2.75) is 31.8 Å². The van der Waals surface area contributed by atoms with Crippen LogP contribution in [0.15, 0.2) is 47.5 Å². The average molecular weight is 366 g/mol. The van der Waals surface area contributed by atoms with Crippen molar-refractivity contribution >= 4 is 11.2 Å². The van der Waals surface area contributed by atoms with E-state index in [-0.39, 0.29) is 11.7 Å². The smallest absolute Gasteiger partial charge is 0.276 e. The second-order valence-corrected chi connectivity index (χ2v) is 6.78. The lowest BCUT2D eigenvalue weighted by Crippen LogP contribution is -2.23. The SMILES string of the molecule is COc1cccc(OC(Cc2nc3nc[nH]c(=O)c3[nH]2)CC2CC=CC2)c1. The minimum Gasteiger partial charge on any atom is -0.497 e. The number of benzene rings is 1. The highest BCUT2D eigenvalue weighted by Crippen LogP contribution is 2.27. The molecule has 0 radical (unpaired) electrons. The highest BCUT2D eigenvalue weighted by atomic mass is 16.5. The van der Waals surface area contributed by atoms with E-state index in [9.17, 15) is 4.79 Å². The number of nitrogens with zero attached hydrogens (tertiary/aromatic N) is 2. The van der Waals surface area contributed by atoms with Crippen molar-refractivity contribution in [3.8, 4) is 11.5 Å². The van der Waals surface area contributed by atoms with Gasteiger partial charge in [0.15, 0.2) is 11.2 Å². The molecular formula is C20H22N4O3. The number of methoxy groups -OCH3 is 1. The highest BCUT2D eigenvalue weighted by Gasteiger charge is 2.21. The van der Waals surface area contributed by atoms with Gasteiger partial charge < -0.3 is 19.4 Å². The summed E-state index contributed by atoms with van der Waals surface area (Å²) in [6, 6.07) is 7.60. The summed E-state index contributed by atoms with van der Waals surface area (Å²) >= 11 is 0. The molecule has 0 amide bonds. The van der Waals surface area contributed by atoms with Gasteiger partial charge in [0, 0.05) is 12.5 Å². The summed E-state index contributed by atoms with van der Waals surface area (Å²) in [7, 11) is 1.64. The summed E-state index contributed by atoms with van der Waals surface area (Å²) in [6.07, 6.45) is 9.36. The molecule has 0 fully saturated rings. The molecule has 0 saturated heterocycles. The average Bonchev–Trinajstić information content (AvgIpc) is 3.32. The van der Waals surface area contributed by atoms with E-state index in [0.717, 1.165) is 30.8 Å². The largest absolute Gasteiger partial charge is 0.497 e. The number of rotatable bonds is 7. The van der Waals surface area contributed by atoms with E-state index in [1.807, 2.05) is 24.3 Å².